The van der Waals surface area contributed by atoms with E-state index in [1.165, 1.54) is 12.3 Å². The SMILES string of the molecule is O=C(CCn1cccc(C(F)(F)F)c1=O)N1CCCC1. The summed E-state index contributed by atoms with van der Waals surface area (Å²) in [5.74, 6) is -0.119. The summed E-state index contributed by atoms with van der Waals surface area (Å²) >= 11 is 0. The van der Waals surface area contributed by atoms with Gasteiger partial charge in [-0.25, -0.2) is 0 Å². The molecule has 1 amide bonds. The lowest BCUT2D eigenvalue weighted by Gasteiger charge is -2.16. The number of hydrogen-bond acceptors (Lipinski definition) is 2. The number of pyridine rings is 1. The van der Waals surface area contributed by atoms with E-state index in [0.717, 1.165) is 23.5 Å². The Labute approximate surface area is 113 Å². The molecule has 0 spiro atoms. The van der Waals surface area contributed by atoms with Crippen LogP contribution in [0.2, 0.25) is 0 Å². The maximum absolute atomic E-state index is 12.6. The molecule has 1 fully saturated rings. The maximum Gasteiger partial charge on any atom is 0.421 e. The fraction of sp³-hybridized carbons (Fsp3) is 0.538. The Morgan fingerprint density at radius 2 is 1.90 bits per heavy atom. The lowest BCUT2D eigenvalue weighted by molar-refractivity contribution is -0.138. The van der Waals surface area contributed by atoms with Crippen LogP contribution in [0.15, 0.2) is 23.1 Å². The van der Waals surface area contributed by atoms with E-state index < -0.39 is 17.3 Å². The van der Waals surface area contributed by atoms with E-state index in [-0.39, 0.29) is 18.9 Å². The molecule has 1 aromatic heterocycles. The minimum absolute atomic E-state index is 0.0297. The van der Waals surface area contributed by atoms with E-state index in [1.807, 2.05) is 0 Å². The number of carbonyl (C=O) groups is 1. The molecule has 0 radical (unpaired) electrons. The summed E-state index contributed by atoms with van der Waals surface area (Å²) in [6.45, 7) is 1.35. The van der Waals surface area contributed by atoms with Gasteiger partial charge in [0.2, 0.25) is 5.91 Å². The lowest BCUT2D eigenvalue weighted by Crippen LogP contribution is -2.32. The first kappa shape index (κ1) is 14.6. The average Bonchev–Trinajstić information content (AvgIpc) is 2.89. The third-order valence-electron chi connectivity index (χ3n) is 3.35. The Morgan fingerprint density at radius 3 is 2.50 bits per heavy atom. The van der Waals surface area contributed by atoms with E-state index in [4.69, 9.17) is 0 Å². The molecule has 0 saturated carbocycles. The van der Waals surface area contributed by atoms with Crippen molar-refractivity contribution in [1.29, 1.82) is 0 Å². The highest BCUT2D eigenvalue weighted by molar-refractivity contribution is 5.76. The normalized spacial score (nSPS) is 15.7. The number of rotatable bonds is 3. The number of carbonyl (C=O) groups excluding carboxylic acids is 1. The Bertz CT molecular complexity index is 545. The molecule has 110 valence electrons. The number of alkyl halides is 3. The highest BCUT2D eigenvalue weighted by Crippen LogP contribution is 2.26. The zero-order valence-electron chi connectivity index (χ0n) is 10.8. The van der Waals surface area contributed by atoms with E-state index in [9.17, 15) is 22.8 Å². The van der Waals surface area contributed by atoms with Crippen molar-refractivity contribution >= 4 is 5.91 Å². The number of nitrogens with zero attached hydrogens (tertiary/aromatic N) is 2. The summed E-state index contributed by atoms with van der Waals surface area (Å²) < 4.78 is 38.7. The number of amides is 1. The monoisotopic (exact) mass is 288 g/mol. The molecule has 0 N–H and O–H groups in total. The van der Waals surface area contributed by atoms with E-state index >= 15 is 0 Å². The summed E-state index contributed by atoms with van der Waals surface area (Å²) in [7, 11) is 0. The van der Waals surface area contributed by atoms with Crippen molar-refractivity contribution in [2.45, 2.75) is 32.0 Å². The van der Waals surface area contributed by atoms with Crippen molar-refractivity contribution in [3.63, 3.8) is 0 Å². The second-order valence-electron chi connectivity index (χ2n) is 4.76. The van der Waals surface area contributed by atoms with Crippen LogP contribution in [0.5, 0.6) is 0 Å². The molecular formula is C13H15F3N2O2. The van der Waals surface area contributed by atoms with Crippen LogP contribution < -0.4 is 5.56 Å². The third kappa shape index (κ3) is 3.20. The molecule has 0 aliphatic carbocycles. The van der Waals surface area contributed by atoms with Crippen LogP contribution in [-0.4, -0.2) is 28.5 Å². The van der Waals surface area contributed by atoms with Gasteiger partial charge in [0, 0.05) is 32.3 Å². The Hall–Kier alpha value is -1.79. The first-order valence-corrected chi connectivity index (χ1v) is 6.44. The summed E-state index contributed by atoms with van der Waals surface area (Å²) in [6, 6.07) is 1.92. The molecule has 4 nitrogen and oxygen atoms in total. The summed E-state index contributed by atoms with van der Waals surface area (Å²) in [5.41, 5.74) is -2.30. The fourth-order valence-electron chi connectivity index (χ4n) is 2.27. The van der Waals surface area contributed by atoms with Crippen LogP contribution in [-0.2, 0) is 17.5 Å². The molecule has 0 bridgehead atoms. The standard InChI is InChI=1S/C13H15F3N2O2/c14-13(15,16)10-4-3-8-18(12(10)20)9-5-11(19)17-6-1-2-7-17/h3-4,8H,1-2,5-7,9H2. The zero-order chi connectivity index (χ0) is 14.8. The van der Waals surface area contributed by atoms with Gasteiger partial charge in [0.15, 0.2) is 0 Å². The summed E-state index contributed by atoms with van der Waals surface area (Å²) in [6.07, 6.45) is -1.44. The van der Waals surface area contributed by atoms with Crippen LogP contribution in [0.25, 0.3) is 0 Å². The van der Waals surface area contributed by atoms with Gasteiger partial charge in [0.1, 0.15) is 5.56 Å². The Kier molecular flexibility index (Phi) is 4.15. The highest BCUT2D eigenvalue weighted by Gasteiger charge is 2.34. The molecule has 2 rings (SSSR count). The minimum atomic E-state index is -4.67. The fourth-order valence-corrected chi connectivity index (χ4v) is 2.27. The third-order valence-corrected chi connectivity index (χ3v) is 3.35. The predicted octanol–water partition coefficient (Wildman–Crippen LogP) is 1.88. The van der Waals surface area contributed by atoms with Crippen molar-refractivity contribution in [3.8, 4) is 0 Å². The smallest absolute Gasteiger partial charge is 0.343 e. The molecule has 1 aliphatic heterocycles. The van der Waals surface area contributed by atoms with E-state index in [0.29, 0.717) is 13.1 Å². The summed E-state index contributed by atoms with van der Waals surface area (Å²) in [4.78, 5) is 25.1. The number of likely N-dealkylation sites (tertiary alicyclic amines) is 1. The first-order valence-electron chi connectivity index (χ1n) is 6.44. The molecule has 0 unspecified atom stereocenters. The molecular weight excluding hydrogens is 273 g/mol. The van der Waals surface area contributed by atoms with Crippen LogP contribution in [0.1, 0.15) is 24.8 Å². The van der Waals surface area contributed by atoms with Gasteiger partial charge in [-0.15, -0.1) is 0 Å². The van der Waals surface area contributed by atoms with Crippen LogP contribution >= 0.6 is 0 Å². The topological polar surface area (TPSA) is 42.3 Å². The van der Waals surface area contributed by atoms with E-state index in [2.05, 4.69) is 0 Å². The van der Waals surface area contributed by atoms with Crippen LogP contribution in [0.4, 0.5) is 13.2 Å². The van der Waals surface area contributed by atoms with Crippen molar-refractivity contribution < 1.29 is 18.0 Å². The van der Waals surface area contributed by atoms with Crippen LogP contribution in [0, 0.1) is 0 Å². The quantitative estimate of drug-likeness (QED) is 0.852. The number of hydrogen-bond donors (Lipinski definition) is 0. The Balaban J connectivity index is 2.07. The first-order chi connectivity index (χ1) is 9.39. The highest BCUT2D eigenvalue weighted by atomic mass is 19.4. The van der Waals surface area contributed by atoms with Crippen molar-refractivity contribution in [3.05, 3.63) is 34.2 Å². The van der Waals surface area contributed by atoms with Gasteiger partial charge in [0.25, 0.3) is 5.56 Å². The average molecular weight is 288 g/mol. The van der Waals surface area contributed by atoms with Gasteiger partial charge < -0.3 is 9.47 Å². The molecule has 7 heteroatoms. The molecule has 1 saturated heterocycles. The zero-order valence-corrected chi connectivity index (χ0v) is 10.8. The van der Waals surface area contributed by atoms with E-state index in [1.54, 1.807) is 4.90 Å². The predicted molar refractivity (Wildman–Crippen MR) is 66.1 cm³/mol. The lowest BCUT2D eigenvalue weighted by atomic mass is 10.2. The number of aryl methyl sites for hydroxylation is 1. The van der Waals surface area contributed by atoms with Gasteiger partial charge in [-0.05, 0) is 25.0 Å². The van der Waals surface area contributed by atoms with Crippen LogP contribution in [0.3, 0.4) is 0 Å². The molecule has 2 heterocycles. The Morgan fingerprint density at radius 1 is 1.25 bits per heavy atom. The van der Waals surface area contributed by atoms with Crippen molar-refractivity contribution in [2.24, 2.45) is 0 Å². The van der Waals surface area contributed by atoms with Crippen molar-refractivity contribution in [1.82, 2.24) is 9.47 Å². The largest absolute Gasteiger partial charge is 0.421 e. The van der Waals surface area contributed by atoms with Crippen molar-refractivity contribution in [2.75, 3.05) is 13.1 Å². The minimum Gasteiger partial charge on any atom is -0.343 e. The van der Waals surface area contributed by atoms with Gasteiger partial charge >= 0.3 is 6.18 Å². The second kappa shape index (κ2) is 5.68. The second-order valence-corrected chi connectivity index (χ2v) is 4.76. The molecule has 0 aromatic carbocycles. The molecule has 1 aliphatic rings. The summed E-state index contributed by atoms with van der Waals surface area (Å²) in [5, 5.41) is 0. The van der Waals surface area contributed by atoms with Gasteiger partial charge in [-0.2, -0.15) is 13.2 Å². The molecule has 1 aromatic rings. The van der Waals surface area contributed by atoms with Gasteiger partial charge in [-0.3, -0.25) is 9.59 Å². The molecule has 0 atom stereocenters. The van der Waals surface area contributed by atoms with Gasteiger partial charge in [-0.1, -0.05) is 0 Å². The molecule has 20 heavy (non-hydrogen) atoms. The number of halogens is 3. The number of aromatic nitrogens is 1. The van der Waals surface area contributed by atoms with Gasteiger partial charge in [0.05, 0.1) is 0 Å². The maximum atomic E-state index is 12.6.